The monoisotopic (exact) mass is 300 g/mol. The van der Waals surface area contributed by atoms with Crippen LogP contribution in [-0.4, -0.2) is 34.9 Å². The molecule has 0 saturated carbocycles. The van der Waals surface area contributed by atoms with Crippen molar-refractivity contribution in [2.24, 2.45) is 4.99 Å². The van der Waals surface area contributed by atoms with Crippen LogP contribution in [0.2, 0.25) is 10.0 Å². The van der Waals surface area contributed by atoms with E-state index in [0.29, 0.717) is 10.0 Å². The molecule has 0 spiro atoms. The number of benzene rings is 1. The average molecular weight is 301 g/mol. The zero-order valence-electron chi connectivity index (χ0n) is 9.36. The number of aliphatic imine (C=N–C) groups is 1. The number of hydrogen-bond acceptors (Lipinski definition) is 4. The van der Waals surface area contributed by atoms with Crippen LogP contribution in [0.4, 0.5) is 0 Å². The van der Waals surface area contributed by atoms with Crippen molar-refractivity contribution in [1.29, 1.82) is 0 Å². The minimum atomic E-state index is 0.00969. The smallest absolute Gasteiger partial charge is 0.168 e. The number of aliphatic hydroxyl groups is 1. The summed E-state index contributed by atoms with van der Waals surface area (Å²) in [7, 11) is 0. The highest BCUT2D eigenvalue weighted by Crippen LogP contribution is 2.42. The molecule has 6 heteroatoms. The fraction of sp³-hybridized carbons (Fsp3) is 0.250. The minimum absolute atomic E-state index is 0.00969. The summed E-state index contributed by atoms with van der Waals surface area (Å²) in [6, 6.07) is 5.52. The van der Waals surface area contributed by atoms with E-state index in [9.17, 15) is 5.11 Å². The fourth-order valence-electron chi connectivity index (χ4n) is 2.10. The van der Waals surface area contributed by atoms with E-state index >= 15 is 0 Å². The maximum atomic E-state index is 9.46. The molecule has 1 N–H and O–H groups in total. The van der Waals surface area contributed by atoms with Crippen LogP contribution in [0.1, 0.15) is 5.56 Å². The van der Waals surface area contributed by atoms with Crippen LogP contribution in [0.3, 0.4) is 0 Å². The van der Waals surface area contributed by atoms with Gasteiger partial charge in [-0.2, -0.15) is 0 Å². The van der Waals surface area contributed by atoms with Gasteiger partial charge in [-0.3, -0.25) is 4.99 Å². The summed E-state index contributed by atoms with van der Waals surface area (Å²) >= 11 is 13.5. The molecule has 1 aromatic rings. The Morgan fingerprint density at radius 3 is 2.89 bits per heavy atom. The highest BCUT2D eigenvalue weighted by atomic mass is 35.5. The molecule has 3 nitrogen and oxygen atoms in total. The molecule has 2 heterocycles. The van der Waals surface area contributed by atoms with Gasteiger partial charge in [-0.15, -0.1) is 0 Å². The Morgan fingerprint density at radius 2 is 2.17 bits per heavy atom. The largest absolute Gasteiger partial charge is 0.391 e. The second-order valence-corrected chi connectivity index (χ2v) is 5.85. The molecule has 2 aliphatic rings. The second-order valence-electron chi connectivity index (χ2n) is 3.98. The van der Waals surface area contributed by atoms with Crippen molar-refractivity contribution in [3.8, 4) is 0 Å². The summed E-state index contributed by atoms with van der Waals surface area (Å²) in [5, 5.41) is 11.5. The molecule has 0 amide bonds. The van der Waals surface area contributed by atoms with E-state index in [1.165, 1.54) is 11.8 Å². The van der Waals surface area contributed by atoms with E-state index in [0.717, 1.165) is 34.4 Å². The van der Waals surface area contributed by atoms with Gasteiger partial charge in [0, 0.05) is 17.0 Å². The number of thioether (sulfide) groups is 1. The molecule has 3 rings (SSSR count). The number of halogens is 2. The van der Waals surface area contributed by atoms with Crippen LogP contribution in [0, 0.1) is 0 Å². The number of rotatable bonds is 2. The first-order chi connectivity index (χ1) is 8.70. The molecule has 18 heavy (non-hydrogen) atoms. The summed E-state index contributed by atoms with van der Waals surface area (Å²) in [6.45, 7) is 1.66. The third kappa shape index (κ3) is 1.93. The summed E-state index contributed by atoms with van der Waals surface area (Å²) in [6.07, 6.45) is 0. The lowest BCUT2D eigenvalue weighted by atomic mass is 10.1. The van der Waals surface area contributed by atoms with E-state index < -0.39 is 0 Å². The predicted octanol–water partition coefficient (Wildman–Crippen LogP) is 3.07. The first-order valence-corrected chi connectivity index (χ1v) is 7.07. The van der Waals surface area contributed by atoms with Gasteiger partial charge in [-0.25, -0.2) is 0 Å². The maximum Gasteiger partial charge on any atom is 0.168 e. The lowest BCUT2D eigenvalue weighted by Crippen LogP contribution is -2.20. The number of amidine groups is 1. The van der Waals surface area contributed by atoms with Crippen molar-refractivity contribution in [1.82, 2.24) is 4.90 Å². The number of fused-ring (bicyclic) bond motifs is 1. The van der Waals surface area contributed by atoms with Crippen molar-refractivity contribution < 1.29 is 5.11 Å². The first kappa shape index (κ1) is 12.4. The zero-order chi connectivity index (χ0) is 12.7. The van der Waals surface area contributed by atoms with Crippen LogP contribution >= 0.6 is 35.0 Å². The molecular formula is C12H10Cl2N2OS. The maximum absolute atomic E-state index is 9.46. The van der Waals surface area contributed by atoms with Crippen LogP contribution in [0.15, 0.2) is 28.1 Å². The van der Waals surface area contributed by atoms with E-state index in [1.54, 1.807) is 6.07 Å². The first-order valence-electron chi connectivity index (χ1n) is 5.50. The second kappa shape index (κ2) is 4.78. The predicted molar refractivity (Wildman–Crippen MR) is 77.1 cm³/mol. The minimum Gasteiger partial charge on any atom is -0.391 e. The molecule has 94 valence electrons. The lowest BCUT2D eigenvalue weighted by molar-refractivity contribution is 0.339. The van der Waals surface area contributed by atoms with Crippen LogP contribution in [0.5, 0.6) is 0 Å². The number of hydrogen-bond donors (Lipinski definition) is 1. The SMILES string of the molecule is OCC1=C(c2ccc(Cl)c(Cl)c2)N2CCN=C2S1. The normalized spacial score (nSPS) is 18.4. The van der Waals surface area contributed by atoms with Gasteiger partial charge in [0.1, 0.15) is 0 Å². The molecule has 0 fully saturated rings. The van der Waals surface area contributed by atoms with Crippen molar-refractivity contribution in [2.75, 3.05) is 19.7 Å². The van der Waals surface area contributed by atoms with Gasteiger partial charge >= 0.3 is 0 Å². The number of nitrogens with zero attached hydrogens (tertiary/aromatic N) is 2. The third-order valence-corrected chi connectivity index (χ3v) is 4.73. The zero-order valence-corrected chi connectivity index (χ0v) is 11.7. The van der Waals surface area contributed by atoms with Crippen molar-refractivity contribution in [3.63, 3.8) is 0 Å². The summed E-state index contributed by atoms with van der Waals surface area (Å²) in [5.74, 6) is 0. The summed E-state index contributed by atoms with van der Waals surface area (Å²) in [4.78, 5) is 7.44. The summed E-state index contributed by atoms with van der Waals surface area (Å²) in [5.41, 5.74) is 1.96. The van der Waals surface area contributed by atoms with Crippen LogP contribution in [0.25, 0.3) is 5.70 Å². The van der Waals surface area contributed by atoms with Gasteiger partial charge < -0.3 is 10.0 Å². The molecule has 0 aromatic heterocycles. The molecular weight excluding hydrogens is 291 g/mol. The van der Waals surface area contributed by atoms with Gasteiger partial charge in [0.2, 0.25) is 0 Å². The van der Waals surface area contributed by atoms with Crippen LogP contribution < -0.4 is 0 Å². The van der Waals surface area contributed by atoms with E-state index in [4.69, 9.17) is 23.2 Å². The third-order valence-electron chi connectivity index (χ3n) is 2.89. The standard InChI is InChI=1S/C12H10Cl2N2OS/c13-8-2-1-7(5-9(8)14)11-10(6-17)18-12-15-3-4-16(11)12/h1-2,5,17H,3-4,6H2. The van der Waals surface area contributed by atoms with Gasteiger partial charge in [0.15, 0.2) is 5.17 Å². The van der Waals surface area contributed by atoms with Gasteiger partial charge in [0.05, 0.1) is 28.9 Å². The molecule has 2 aliphatic heterocycles. The Hall–Kier alpha value is -0.680. The topological polar surface area (TPSA) is 35.8 Å². The molecule has 1 aromatic carbocycles. The summed E-state index contributed by atoms with van der Waals surface area (Å²) < 4.78 is 0. The highest BCUT2D eigenvalue weighted by Gasteiger charge is 2.32. The Bertz CT molecular complexity index is 571. The quantitative estimate of drug-likeness (QED) is 0.912. The molecule has 0 atom stereocenters. The average Bonchev–Trinajstić information content (AvgIpc) is 2.92. The fourth-order valence-corrected chi connectivity index (χ4v) is 3.45. The molecule has 0 aliphatic carbocycles. The molecule has 0 radical (unpaired) electrons. The van der Waals surface area contributed by atoms with E-state index in [-0.39, 0.29) is 6.61 Å². The molecule has 0 saturated heterocycles. The van der Waals surface area contributed by atoms with Gasteiger partial charge in [-0.1, -0.05) is 41.0 Å². The molecule has 0 bridgehead atoms. The Balaban J connectivity index is 2.07. The van der Waals surface area contributed by atoms with Crippen molar-refractivity contribution in [2.45, 2.75) is 0 Å². The van der Waals surface area contributed by atoms with Gasteiger partial charge in [-0.05, 0) is 12.1 Å². The highest BCUT2D eigenvalue weighted by molar-refractivity contribution is 8.17. The molecule has 0 unspecified atom stereocenters. The van der Waals surface area contributed by atoms with Crippen molar-refractivity contribution in [3.05, 3.63) is 38.7 Å². The van der Waals surface area contributed by atoms with E-state index in [1.807, 2.05) is 12.1 Å². The number of aliphatic hydroxyl groups excluding tert-OH is 1. The van der Waals surface area contributed by atoms with Crippen molar-refractivity contribution >= 4 is 45.8 Å². The lowest BCUT2D eigenvalue weighted by Gasteiger charge is -2.17. The van der Waals surface area contributed by atoms with Crippen LogP contribution in [-0.2, 0) is 0 Å². The Kier molecular flexibility index (Phi) is 3.28. The van der Waals surface area contributed by atoms with Gasteiger partial charge in [0.25, 0.3) is 0 Å². The Labute approximate surface area is 119 Å². The Morgan fingerprint density at radius 1 is 1.33 bits per heavy atom. The van der Waals surface area contributed by atoms with E-state index in [2.05, 4.69) is 9.89 Å².